The van der Waals surface area contributed by atoms with Gasteiger partial charge in [0.05, 0.1) is 136 Å². The molecule has 0 saturated carbocycles. The monoisotopic (exact) mass is 1590 g/mol. The van der Waals surface area contributed by atoms with Crippen molar-refractivity contribution in [2.24, 2.45) is 5.73 Å². The number of amides is 3. The Kier molecular flexibility index (Phi) is 31.4. The van der Waals surface area contributed by atoms with Gasteiger partial charge in [-0.15, -0.1) is 0 Å². The predicted octanol–water partition coefficient (Wildman–Crippen LogP) is -1.28. The van der Waals surface area contributed by atoms with Crippen molar-refractivity contribution in [3.05, 3.63) is 120 Å². The van der Waals surface area contributed by atoms with Gasteiger partial charge < -0.3 is 105 Å². The first-order valence-corrected chi connectivity index (χ1v) is 35.3. The summed E-state index contributed by atoms with van der Waals surface area (Å²) in [5, 5.41) is 107. The first kappa shape index (κ1) is 87.4. The fourth-order valence-electron chi connectivity index (χ4n) is 12.4. The van der Waals surface area contributed by atoms with Crippen LogP contribution in [0.25, 0.3) is 44.1 Å². The molecule has 12 atom stereocenters. The second-order valence-electron chi connectivity index (χ2n) is 25.9. The molecular formula is C74H82N20O21. The third-order valence-corrected chi connectivity index (χ3v) is 17.7. The van der Waals surface area contributed by atoms with Crippen molar-refractivity contribution in [3.63, 3.8) is 0 Å². The van der Waals surface area contributed by atoms with Crippen LogP contribution in [-0.4, -0.2) is 289 Å². The lowest BCUT2D eigenvalue weighted by atomic mass is 10.1. The maximum Gasteiger partial charge on any atom is 0.334 e. The van der Waals surface area contributed by atoms with E-state index in [-0.39, 0.29) is 57.2 Å². The van der Waals surface area contributed by atoms with Crippen LogP contribution in [0.4, 0.5) is 22.7 Å². The third kappa shape index (κ3) is 22.1. The Bertz CT molecular complexity index is 4870. The molecule has 4 aromatic heterocycles. The average Bonchev–Trinajstić information content (AvgIpc) is 0.798. The Morgan fingerprint density at radius 3 is 0.861 bits per heavy atom. The number of carboxylic acids is 3. The number of ether oxygens (including phenoxy) is 6. The summed E-state index contributed by atoms with van der Waals surface area (Å²) in [6, 6.07) is 17.2. The first-order valence-electron chi connectivity index (χ1n) is 35.3. The largest absolute Gasteiger partial charge is 0.480 e. The number of aliphatic carboxylic acids is 3. The average molecular weight is 1590 g/mol. The van der Waals surface area contributed by atoms with E-state index in [4.69, 9.17) is 55.5 Å². The maximum absolute atomic E-state index is 12.6. The Balaban J connectivity index is 0.000000186. The van der Waals surface area contributed by atoms with Crippen LogP contribution in [0.2, 0.25) is 0 Å². The molecule has 0 spiro atoms. The summed E-state index contributed by atoms with van der Waals surface area (Å²) in [5.74, 6) is -6.75. The summed E-state index contributed by atoms with van der Waals surface area (Å²) in [6.07, 6.45) is 7.48. The van der Waals surface area contributed by atoms with Gasteiger partial charge in [0.1, 0.15) is 86.5 Å². The van der Waals surface area contributed by atoms with Gasteiger partial charge in [-0.05, 0) is 76.2 Å². The predicted molar refractivity (Wildman–Crippen MR) is 402 cm³/mol. The number of anilines is 4. The number of aromatic nitrogens is 8. The number of carbonyl (C=O) groups is 8. The van der Waals surface area contributed by atoms with Gasteiger partial charge in [-0.25, -0.2) is 19.2 Å². The number of aliphatic hydroxyl groups excluding tert-OH is 4. The van der Waals surface area contributed by atoms with E-state index in [2.05, 4.69) is 89.6 Å². The number of aliphatic hydroxyl groups is 4. The number of hydrogen-bond acceptors (Lipinski definition) is 35. The SMILES string of the molecule is COC(=O)[C@@H](N)CO.COC(=O)[C@H](CO)NC(=O)[C@H]1CN(c2ccc(C#N)c3nccnc23)C[C@@H](C)O1.C[C@@H]1CN(c2ccc(C#N)c3nccnc23)C[C@H](C(=O)N[C@@H](CO)C(=O)O)O1.C[C@@H]1CN(c2ccc(C#N)c3nccnc23)C[C@H](C(=O)N[C@@H](CO)C(=O)O)O1.C[C@@H]1CN(c2ccc(C#N)c3nccnc23)C[C@H](C(=O)O)O1. The number of carbonyl (C=O) groups excluding carboxylic acids is 5. The maximum atomic E-state index is 12.6. The number of nitrogens with two attached hydrogens (primary N) is 1. The zero-order valence-electron chi connectivity index (χ0n) is 62.7. The number of carboxylic acid groups (broad SMARTS) is 3. The molecule has 4 fully saturated rings. The minimum Gasteiger partial charge on any atom is -0.480 e. The molecule has 4 aliphatic rings. The number of rotatable bonds is 19. The zero-order valence-corrected chi connectivity index (χ0v) is 62.7. The number of nitrogens with one attached hydrogen (secondary N) is 3. The summed E-state index contributed by atoms with van der Waals surface area (Å²) < 4.78 is 31.2. The molecular weight excluding hydrogens is 1500 g/mol. The molecule has 12 N–H and O–H groups in total. The smallest absolute Gasteiger partial charge is 0.334 e. The third-order valence-electron chi connectivity index (χ3n) is 17.7. The van der Waals surface area contributed by atoms with E-state index >= 15 is 0 Å². The van der Waals surface area contributed by atoms with Crippen LogP contribution in [0.1, 0.15) is 49.9 Å². The van der Waals surface area contributed by atoms with Crippen molar-refractivity contribution >= 4 is 114 Å². The van der Waals surface area contributed by atoms with Crippen LogP contribution in [0.5, 0.6) is 0 Å². The van der Waals surface area contributed by atoms with E-state index in [0.29, 0.717) is 104 Å². The van der Waals surface area contributed by atoms with Gasteiger partial charge >= 0.3 is 29.8 Å². The Hall–Kier alpha value is -13.2. The summed E-state index contributed by atoms with van der Waals surface area (Å²) in [4.78, 5) is 135. The van der Waals surface area contributed by atoms with Crippen LogP contribution >= 0.6 is 0 Å². The molecule has 604 valence electrons. The van der Waals surface area contributed by atoms with Crippen molar-refractivity contribution < 1.29 is 103 Å². The number of esters is 2. The van der Waals surface area contributed by atoms with Crippen LogP contribution in [-0.2, 0) is 66.8 Å². The van der Waals surface area contributed by atoms with Crippen molar-refractivity contribution in [1.29, 1.82) is 21.0 Å². The fourth-order valence-corrected chi connectivity index (χ4v) is 12.4. The van der Waals surface area contributed by atoms with Crippen LogP contribution < -0.4 is 41.3 Å². The molecule has 8 heterocycles. The molecule has 0 aliphatic carbocycles. The number of methoxy groups -OCH3 is 2. The number of benzene rings is 4. The minimum absolute atomic E-state index is 0.158. The Morgan fingerprint density at radius 1 is 0.400 bits per heavy atom. The van der Waals surface area contributed by atoms with Gasteiger partial charge in [-0.2, -0.15) is 21.0 Å². The van der Waals surface area contributed by atoms with Crippen LogP contribution in [0.15, 0.2) is 98.1 Å². The molecule has 41 nitrogen and oxygen atoms in total. The number of fused-ring (bicyclic) bond motifs is 4. The van der Waals surface area contributed by atoms with Crippen molar-refractivity contribution in [1.82, 2.24) is 55.8 Å². The zero-order chi connectivity index (χ0) is 83.7. The molecule has 3 amide bonds. The molecule has 0 radical (unpaired) electrons. The van der Waals surface area contributed by atoms with Crippen molar-refractivity contribution in [3.8, 4) is 24.3 Å². The molecule has 41 heteroatoms. The quantitative estimate of drug-likeness (QED) is 0.0420. The number of hydrogen-bond donors (Lipinski definition) is 11. The molecule has 4 aromatic carbocycles. The van der Waals surface area contributed by atoms with Crippen molar-refractivity contribution in [2.75, 3.05) is 113 Å². The van der Waals surface area contributed by atoms with E-state index < -0.39 is 116 Å². The summed E-state index contributed by atoms with van der Waals surface area (Å²) >= 11 is 0. The lowest BCUT2D eigenvalue weighted by molar-refractivity contribution is -0.155. The van der Waals surface area contributed by atoms with E-state index in [1.54, 1.807) is 74.8 Å². The summed E-state index contributed by atoms with van der Waals surface area (Å²) in [7, 11) is 2.40. The van der Waals surface area contributed by atoms with E-state index in [0.717, 1.165) is 11.4 Å². The molecule has 8 aromatic rings. The molecule has 115 heavy (non-hydrogen) atoms. The number of morpholine rings is 4. The lowest BCUT2D eigenvalue weighted by Crippen LogP contribution is -2.56. The van der Waals surface area contributed by atoms with E-state index in [1.807, 2.05) is 33.4 Å². The molecule has 4 aliphatic heterocycles. The van der Waals surface area contributed by atoms with Crippen LogP contribution in [0.3, 0.4) is 0 Å². The highest BCUT2D eigenvalue weighted by atomic mass is 16.5. The van der Waals surface area contributed by atoms with Gasteiger partial charge in [-0.1, -0.05) is 0 Å². The fraction of sp³-hybridized carbons (Fsp3) is 0.405. The van der Waals surface area contributed by atoms with Gasteiger partial charge in [0.15, 0.2) is 30.5 Å². The van der Waals surface area contributed by atoms with E-state index in [1.165, 1.54) is 51.4 Å². The lowest BCUT2D eigenvalue weighted by Gasteiger charge is -2.38. The minimum atomic E-state index is -1.40. The standard InChI is InChI=1S/C19H21N5O5.2C18H19N5O5.C15H14N4O3.C4H9NO3/c1-11-8-24(9-15(29-11)18(26)23-13(10-25)19(27)28-2)14-4-3-12(7-20)16-17(14)22-6-5-21-16;2*1-10-7-23(8-14(28-10)17(25)22-12(9-24)18(26)27)13-3-2-11(6-19)15-16(13)21-5-4-20-15;1-9-7-19(8-12(22-9)15(20)21)11-3-2-10(6-16)13-14(11)18-5-4-17-13;1-8-4(7)3(5)2-6/h3-6,11,13,15,25H,8-10H2,1-2H3,(H,23,26);2*2-5,10,12,14,24H,7-9H2,1H3,(H,22,25)(H,26,27);2-5,9,12H,7-8H2,1H3,(H,20,21);3,6H,2,5H2,1H3/t11-,13+,15-;2*10-,12+,14-;9-,12-;3-/m11110/s1. The summed E-state index contributed by atoms with van der Waals surface area (Å²) in [6.45, 7) is 7.62. The molecule has 4 saturated heterocycles. The number of nitriles is 4. The highest BCUT2D eigenvalue weighted by Gasteiger charge is 2.38. The van der Waals surface area contributed by atoms with Gasteiger partial charge in [0.25, 0.3) is 17.7 Å². The molecule has 12 rings (SSSR count). The molecule has 0 unspecified atom stereocenters. The number of nitrogens with zero attached hydrogens (tertiary/aromatic N) is 16. The van der Waals surface area contributed by atoms with E-state index in [9.17, 15) is 64.4 Å². The van der Waals surface area contributed by atoms with Crippen molar-refractivity contribution in [2.45, 2.75) is 101 Å². The Labute approximate surface area is 655 Å². The Morgan fingerprint density at radius 2 is 0.643 bits per heavy atom. The highest BCUT2D eigenvalue weighted by molar-refractivity contribution is 5.97. The normalized spacial score (nSPS) is 20.0. The van der Waals surface area contributed by atoms with Gasteiger partial charge in [0.2, 0.25) is 0 Å². The second-order valence-corrected chi connectivity index (χ2v) is 25.9. The van der Waals surface area contributed by atoms with Crippen LogP contribution in [0, 0.1) is 45.3 Å². The topological polar surface area (TPSA) is 607 Å². The first-order chi connectivity index (χ1) is 55.2. The highest BCUT2D eigenvalue weighted by Crippen LogP contribution is 2.34. The molecule has 0 bridgehead atoms. The summed E-state index contributed by atoms with van der Waals surface area (Å²) in [5.41, 5.74) is 13.7. The second kappa shape index (κ2) is 41.4. The van der Waals surface area contributed by atoms with Gasteiger partial charge in [0, 0.05) is 75.8 Å². The van der Waals surface area contributed by atoms with Gasteiger partial charge in [-0.3, -0.25) is 59.0 Å².